The van der Waals surface area contributed by atoms with Gasteiger partial charge in [0.25, 0.3) is 5.91 Å². The molecule has 2 heterocycles. The minimum Gasteiger partial charge on any atom is -0.378 e. The summed E-state index contributed by atoms with van der Waals surface area (Å²) in [5.41, 5.74) is 2.15. The number of carbonyl (C=O) groups is 1. The van der Waals surface area contributed by atoms with E-state index in [2.05, 4.69) is 9.89 Å². The second-order valence-electron chi connectivity index (χ2n) is 6.46. The SMILES string of the molecule is C[C@H]1CN(C2=NC(=O)/C(=C\c3ccc(N(C)C)cc3)S2)C[C@H](C)O1. The number of hydrogen-bond acceptors (Lipinski definition) is 5. The normalized spacial score (nSPS) is 26.0. The number of nitrogens with zero attached hydrogens (tertiary/aromatic N) is 3. The molecule has 0 radical (unpaired) electrons. The molecule has 1 aromatic carbocycles. The van der Waals surface area contributed by atoms with Crippen LogP contribution in [0.15, 0.2) is 34.2 Å². The first-order chi connectivity index (χ1) is 11.4. The number of rotatable bonds is 2. The van der Waals surface area contributed by atoms with E-state index >= 15 is 0 Å². The third-order valence-electron chi connectivity index (χ3n) is 4.01. The first kappa shape index (κ1) is 17.0. The summed E-state index contributed by atoms with van der Waals surface area (Å²) in [6, 6.07) is 8.13. The third kappa shape index (κ3) is 3.82. The number of thioether (sulfide) groups is 1. The van der Waals surface area contributed by atoms with Crippen molar-refractivity contribution in [3.63, 3.8) is 0 Å². The van der Waals surface area contributed by atoms with Crippen molar-refractivity contribution in [3.8, 4) is 0 Å². The molecule has 128 valence electrons. The second kappa shape index (κ2) is 6.99. The predicted octanol–water partition coefficient (Wildman–Crippen LogP) is 2.83. The molecular weight excluding hydrogens is 322 g/mol. The van der Waals surface area contributed by atoms with Gasteiger partial charge in [-0.15, -0.1) is 0 Å². The lowest BCUT2D eigenvalue weighted by Crippen LogP contribution is -2.47. The topological polar surface area (TPSA) is 45.1 Å². The monoisotopic (exact) mass is 345 g/mol. The Morgan fingerprint density at radius 3 is 2.42 bits per heavy atom. The fourth-order valence-corrected chi connectivity index (χ4v) is 3.82. The van der Waals surface area contributed by atoms with Gasteiger partial charge in [-0.3, -0.25) is 4.79 Å². The molecule has 1 saturated heterocycles. The van der Waals surface area contributed by atoms with Gasteiger partial charge in [-0.05, 0) is 49.4 Å². The number of benzene rings is 1. The molecule has 2 atom stereocenters. The Hall–Kier alpha value is -1.79. The van der Waals surface area contributed by atoms with Gasteiger partial charge in [0.2, 0.25) is 0 Å². The largest absolute Gasteiger partial charge is 0.378 e. The number of amidine groups is 1. The molecule has 0 aliphatic carbocycles. The molecule has 2 aliphatic heterocycles. The van der Waals surface area contributed by atoms with Crippen molar-refractivity contribution in [3.05, 3.63) is 34.7 Å². The van der Waals surface area contributed by atoms with Crippen molar-refractivity contribution in [2.75, 3.05) is 32.1 Å². The van der Waals surface area contributed by atoms with Gasteiger partial charge in [0.05, 0.1) is 17.1 Å². The molecular formula is C18H23N3O2S. The van der Waals surface area contributed by atoms with Gasteiger partial charge < -0.3 is 14.5 Å². The van der Waals surface area contributed by atoms with Crippen LogP contribution in [-0.2, 0) is 9.53 Å². The van der Waals surface area contributed by atoms with E-state index < -0.39 is 0 Å². The molecule has 0 unspecified atom stereocenters. The first-order valence-electron chi connectivity index (χ1n) is 8.13. The van der Waals surface area contributed by atoms with Gasteiger partial charge in [-0.1, -0.05) is 12.1 Å². The Bertz CT molecular complexity index is 672. The summed E-state index contributed by atoms with van der Waals surface area (Å²) >= 11 is 1.46. The van der Waals surface area contributed by atoms with Crippen molar-refractivity contribution in [2.24, 2.45) is 4.99 Å². The molecule has 0 spiro atoms. The Kier molecular flexibility index (Phi) is 4.96. The van der Waals surface area contributed by atoms with Crippen LogP contribution in [0, 0.1) is 0 Å². The van der Waals surface area contributed by atoms with E-state index in [1.54, 1.807) is 0 Å². The summed E-state index contributed by atoms with van der Waals surface area (Å²) in [7, 11) is 4.02. The maximum absolute atomic E-state index is 12.2. The molecule has 5 nitrogen and oxygen atoms in total. The van der Waals surface area contributed by atoms with E-state index in [4.69, 9.17) is 4.74 Å². The predicted molar refractivity (Wildman–Crippen MR) is 100 cm³/mol. The quantitative estimate of drug-likeness (QED) is 0.771. The lowest BCUT2D eigenvalue weighted by Gasteiger charge is -2.35. The van der Waals surface area contributed by atoms with Crippen molar-refractivity contribution in [1.82, 2.24) is 4.90 Å². The zero-order valence-corrected chi connectivity index (χ0v) is 15.3. The van der Waals surface area contributed by atoms with Crippen LogP contribution < -0.4 is 4.90 Å². The molecule has 1 aromatic rings. The van der Waals surface area contributed by atoms with Crippen LogP contribution in [0.3, 0.4) is 0 Å². The molecule has 24 heavy (non-hydrogen) atoms. The fraction of sp³-hybridized carbons (Fsp3) is 0.444. The number of carbonyl (C=O) groups excluding carboxylic acids is 1. The van der Waals surface area contributed by atoms with E-state index in [9.17, 15) is 4.79 Å². The smallest absolute Gasteiger partial charge is 0.286 e. The highest BCUT2D eigenvalue weighted by Crippen LogP contribution is 2.31. The Balaban J connectivity index is 1.72. The first-order valence-corrected chi connectivity index (χ1v) is 8.94. The van der Waals surface area contributed by atoms with E-state index in [-0.39, 0.29) is 18.1 Å². The van der Waals surface area contributed by atoms with Crippen LogP contribution in [-0.4, -0.2) is 55.4 Å². The fourth-order valence-electron chi connectivity index (χ4n) is 2.89. The minimum atomic E-state index is -0.154. The van der Waals surface area contributed by atoms with Crippen LogP contribution in [0.1, 0.15) is 19.4 Å². The minimum absolute atomic E-state index is 0.152. The van der Waals surface area contributed by atoms with E-state index in [1.165, 1.54) is 11.8 Å². The average Bonchev–Trinajstić information content (AvgIpc) is 2.88. The number of aliphatic imine (C=N–C) groups is 1. The molecule has 6 heteroatoms. The van der Waals surface area contributed by atoms with E-state index in [0.717, 1.165) is 29.5 Å². The zero-order chi connectivity index (χ0) is 17.3. The second-order valence-corrected chi connectivity index (χ2v) is 7.47. The lowest BCUT2D eigenvalue weighted by molar-refractivity contribution is -0.113. The zero-order valence-electron chi connectivity index (χ0n) is 14.5. The Morgan fingerprint density at radius 2 is 1.83 bits per heavy atom. The standard InChI is InChI=1S/C18H23N3O2S/c1-12-10-21(11-13(2)23-12)18-19-17(22)16(24-18)9-14-5-7-15(8-6-14)20(3)4/h5-9,12-13H,10-11H2,1-4H3/b16-9+/t12-,13-/m0/s1. The molecule has 0 aromatic heterocycles. The van der Waals surface area contributed by atoms with Gasteiger partial charge in [0.15, 0.2) is 5.17 Å². The van der Waals surface area contributed by atoms with Crippen molar-refractivity contribution < 1.29 is 9.53 Å². The lowest BCUT2D eigenvalue weighted by atomic mass is 10.2. The summed E-state index contributed by atoms with van der Waals surface area (Å²) in [5, 5.41) is 0.790. The maximum Gasteiger partial charge on any atom is 0.286 e. The summed E-state index contributed by atoms with van der Waals surface area (Å²) in [6.45, 7) is 5.64. The van der Waals surface area contributed by atoms with Crippen LogP contribution in [0.2, 0.25) is 0 Å². The number of hydrogen-bond donors (Lipinski definition) is 0. The van der Waals surface area contributed by atoms with Crippen molar-refractivity contribution in [1.29, 1.82) is 0 Å². The molecule has 0 saturated carbocycles. The number of morpholine rings is 1. The highest BCUT2D eigenvalue weighted by Gasteiger charge is 2.30. The number of anilines is 1. The van der Waals surface area contributed by atoms with Gasteiger partial charge >= 0.3 is 0 Å². The van der Waals surface area contributed by atoms with Gasteiger partial charge in [-0.25, -0.2) is 0 Å². The molecule has 0 bridgehead atoms. The molecule has 3 rings (SSSR count). The summed E-state index contributed by atoms with van der Waals surface area (Å²) < 4.78 is 5.75. The number of ether oxygens (including phenoxy) is 1. The van der Waals surface area contributed by atoms with Crippen LogP contribution in [0.4, 0.5) is 5.69 Å². The number of amides is 1. The Labute approximate surface area is 147 Å². The average molecular weight is 345 g/mol. The highest BCUT2D eigenvalue weighted by molar-refractivity contribution is 8.18. The van der Waals surface area contributed by atoms with E-state index in [0.29, 0.717) is 4.91 Å². The van der Waals surface area contributed by atoms with Gasteiger partial charge in [-0.2, -0.15) is 4.99 Å². The third-order valence-corrected chi connectivity index (χ3v) is 5.05. The molecule has 1 amide bonds. The Morgan fingerprint density at radius 1 is 1.21 bits per heavy atom. The van der Waals surface area contributed by atoms with E-state index in [1.807, 2.05) is 63.2 Å². The van der Waals surface area contributed by atoms with Crippen LogP contribution >= 0.6 is 11.8 Å². The van der Waals surface area contributed by atoms with Crippen LogP contribution in [0.5, 0.6) is 0 Å². The summed E-state index contributed by atoms with van der Waals surface area (Å²) in [6.07, 6.45) is 2.22. The van der Waals surface area contributed by atoms with Crippen molar-refractivity contribution in [2.45, 2.75) is 26.1 Å². The van der Waals surface area contributed by atoms with Gasteiger partial charge in [0.1, 0.15) is 0 Å². The molecule has 0 N–H and O–H groups in total. The van der Waals surface area contributed by atoms with Crippen LogP contribution in [0.25, 0.3) is 6.08 Å². The maximum atomic E-state index is 12.2. The molecule has 1 fully saturated rings. The molecule has 2 aliphatic rings. The van der Waals surface area contributed by atoms with Gasteiger partial charge in [0, 0.05) is 32.9 Å². The highest BCUT2D eigenvalue weighted by atomic mass is 32.2. The van der Waals surface area contributed by atoms with Crippen molar-refractivity contribution >= 4 is 34.6 Å². The summed E-state index contributed by atoms with van der Waals surface area (Å²) in [4.78, 5) is 21.3. The summed E-state index contributed by atoms with van der Waals surface area (Å²) in [5.74, 6) is -0.154.